The third-order valence-corrected chi connectivity index (χ3v) is 5.81. The number of H-pyrrole nitrogens is 1. The Morgan fingerprint density at radius 1 is 1.34 bits per heavy atom. The van der Waals surface area contributed by atoms with E-state index < -0.39 is 11.2 Å². The minimum absolute atomic E-state index is 0.0532. The molecule has 29 heavy (non-hydrogen) atoms. The van der Waals surface area contributed by atoms with Crippen LogP contribution in [-0.2, 0) is 0 Å². The van der Waals surface area contributed by atoms with Crippen LogP contribution in [0.1, 0.15) is 25.8 Å². The number of hydrogen-bond donors (Lipinski definition) is 1. The summed E-state index contributed by atoms with van der Waals surface area (Å²) in [6.45, 7) is 3.93. The molecule has 0 amide bonds. The van der Waals surface area contributed by atoms with Crippen molar-refractivity contribution >= 4 is 44.6 Å². The van der Waals surface area contributed by atoms with Gasteiger partial charge in [0.15, 0.2) is 11.5 Å². The van der Waals surface area contributed by atoms with Gasteiger partial charge in [-0.1, -0.05) is 30.7 Å². The zero-order chi connectivity index (χ0) is 21.1. The van der Waals surface area contributed by atoms with Crippen LogP contribution in [0.25, 0.3) is 10.9 Å². The highest BCUT2D eigenvalue weighted by Crippen LogP contribution is 2.42. The van der Waals surface area contributed by atoms with Crippen LogP contribution in [0.15, 0.2) is 49.5 Å². The van der Waals surface area contributed by atoms with Gasteiger partial charge in [-0.2, -0.15) is 5.10 Å². The molecule has 1 atom stereocenters. The smallest absolute Gasteiger partial charge is 0.349 e. The van der Waals surface area contributed by atoms with E-state index in [0.29, 0.717) is 37.5 Å². The number of hydrogen-bond acceptors (Lipinski definition) is 5. The number of methoxy groups -OCH3 is 1. The van der Waals surface area contributed by atoms with E-state index in [0.717, 1.165) is 11.1 Å². The zero-order valence-corrected chi connectivity index (χ0v) is 18.4. The topological polar surface area (TPSA) is 85.7 Å². The minimum atomic E-state index is -0.643. The Balaban J connectivity index is 2.08. The summed E-state index contributed by atoms with van der Waals surface area (Å²) in [7, 11) is 1.50. The summed E-state index contributed by atoms with van der Waals surface area (Å²) in [5.74, 6) is 0.827. The normalized spacial score (nSPS) is 12.4. The first-order valence-electron chi connectivity index (χ1n) is 8.88. The maximum Gasteiger partial charge on any atom is 0.349 e. The molecule has 0 saturated carbocycles. The Morgan fingerprint density at radius 2 is 2.07 bits per heavy atom. The van der Waals surface area contributed by atoms with Crippen LogP contribution in [0.2, 0.25) is 5.02 Å². The summed E-state index contributed by atoms with van der Waals surface area (Å²) in [4.78, 5) is 27.5. The summed E-state index contributed by atoms with van der Waals surface area (Å²) in [5, 5.41) is 4.73. The van der Waals surface area contributed by atoms with E-state index in [9.17, 15) is 9.59 Å². The number of benzene rings is 2. The maximum absolute atomic E-state index is 12.6. The molecule has 2 aromatic carbocycles. The fourth-order valence-corrected chi connectivity index (χ4v) is 3.27. The standard InChI is InChI=1S/C20H19BrClN3O4/c1-4-11(2)29-18-15(28-3)9-12(16(21)17(18)22)10-23-25-19(26)13-7-5-6-8-14(13)24-20(25)27/h5-11H,4H2,1-3H3,(H,24,27). The average Bonchev–Trinajstić information content (AvgIpc) is 2.72. The van der Waals surface area contributed by atoms with Gasteiger partial charge in [0.2, 0.25) is 0 Å². The number of halogens is 2. The average molecular weight is 481 g/mol. The Hall–Kier alpha value is -2.58. The number of rotatable bonds is 6. The van der Waals surface area contributed by atoms with E-state index >= 15 is 0 Å². The largest absolute Gasteiger partial charge is 0.493 e. The third kappa shape index (κ3) is 4.23. The summed E-state index contributed by atoms with van der Waals surface area (Å²) < 4.78 is 12.5. The molecule has 0 aliphatic heterocycles. The van der Waals surface area contributed by atoms with E-state index in [4.69, 9.17) is 21.1 Å². The molecule has 0 bridgehead atoms. The molecule has 0 radical (unpaired) electrons. The maximum atomic E-state index is 12.6. The molecule has 1 heterocycles. The Labute approximate surface area is 180 Å². The molecule has 0 spiro atoms. The second kappa shape index (κ2) is 8.84. The molecule has 3 rings (SSSR count). The van der Waals surface area contributed by atoms with E-state index in [1.165, 1.54) is 13.3 Å². The van der Waals surface area contributed by atoms with Crippen molar-refractivity contribution in [2.24, 2.45) is 5.10 Å². The lowest BCUT2D eigenvalue weighted by atomic mass is 10.2. The van der Waals surface area contributed by atoms with Gasteiger partial charge >= 0.3 is 5.69 Å². The second-order valence-electron chi connectivity index (χ2n) is 6.30. The van der Waals surface area contributed by atoms with Gasteiger partial charge in [-0.15, -0.1) is 4.68 Å². The van der Waals surface area contributed by atoms with Crippen LogP contribution in [0.4, 0.5) is 0 Å². The lowest BCUT2D eigenvalue weighted by Crippen LogP contribution is -2.32. The third-order valence-electron chi connectivity index (χ3n) is 4.37. The molecular weight excluding hydrogens is 462 g/mol. The van der Waals surface area contributed by atoms with E-state index in [1.54, 1.807) is 30.3 Å². The zero-order valence-electron chi connectivity index (χ0n) is 16.0. The molecule has 1 N–H and O–H groups in total. The van der Waals surface area contributed by atoms with Crippen molar-refractivity contribution in [1.82, 2.24) is 9.66 Å². The van der Waals surface area contributed by atoms with Gasteiger partial charge < -0.3 is 14.5 Å². The van der Waals surface area contributed by atoms with Gasteiger partial charge in [-0.25, -0.2) is 4.79 Å². The number of para-hydroxylation sites is 1. The number of nitrogens with one attached hydrogen (secondary N) is 1. The van der Waals surface area contributed by atoms with E-state index in [1.807, 2.05) is 13.8 Å². The monoisotopic (exact) mass is 479 g/mol. The lowest BCUT2D eigenvalue weighted by Gasteiger charge is -2.18. The first-order chi connectivity index (χ1) is 13.9. The lowest BCUT2D eigenvalue weighted by molar-refractivity contribution is 0.207. The van der Waals surface area contributed by atoms with Gasteiger partial charge in [-0.3, -0.25) is 4.79 Å². The van der Waals surface area contributed by atoms with E-state index in [2.05, 4.69) is 26.0 Å². The highest BCUT2D eigenvalue weighted by molar-refractivity contribution is 9.10. The number of fused-ring (bicyclic) bond motifs is 1. The van der Waals surface area contributed by atoms with Crippen LogP contribution in [0.5, 0.6) is 11.5 Å². The van der Waals surface area contributed by atoms with Crippen molar-refractivity contribution in [3.63, 3.8) is 0 Å². The van der Waals surface area contributed by atoms with Crippen molar-refractivity contribution in [2.45, 2.75) is 26.4 Å². The first-order valence-corrected chi connectivity index (χ1v) is 10.1. The van der Waals surface area contributed by atoms with Gasteiger partial charge in [0.1, 0.15) is 5.02 Å². The molecule has 7 nitrogen and oxygen atoms in total. The predicted molar refractivity (Wildman–Crippen MR) is 118 cm³/mol. The van der Waals surface area contributed by atoms with E-state index in [-0.39, 0.29) is 6.10 Å². The molecule has 1 aromatic heterocycles. The Morgan fingerprint density at radius 3 is 2.76 bits per heavy atom. The molecular formula is C20H19BrClN3O4. The molecule has 0 saturated heterocycles. The first kappa shape index (κ1) is 21.1. The van der Waals surface area contributed by atoms with Crippen LogP contribution in [-0.4, -0.2) is 29.1 Å². The Bertz CT molecular complexity index is 1200. The Kier molecular flexibility index (Phi) is 6.44. The van der Waals surface area contributed by atoms with Crippen molar-refractivity contribution in [3.8, 4) is 11.5 Å². The van der Waals surface area contributed by atoms with Crippen molar-refractivity contribution in [1.29, 1.82) is 0 Å². The number of aromatic amines is 1. The van der Waals surface area contributed by atoms with Crippen molar-refractivity contribution in [3.05, 3.63) is 66.2 Å². The fourth-order valence-electron chi connectivity index (χ4n) is 2.62. The molecule has 3 aromatic rings. The van der Waals surface area contributed by atoms with Crippen LogP contribution in [0, 0.1) is 0 Å². The highest BCUT2D eigenvalue weighted by atomic mass is 79.9. The summed E-state index contributed by atoms with van der Waals surface area (Å²) >= 11 is 9.88. The number of nitrogens with zero attached hydrogens (tertiary/aromatic N) is 2. The summed E-state index contributed by atoms with van der Waals surface area (Å²) in [6, 6.07) is 8.39. The van der Waals surface area contributed by atoms with Crippen molar-refractivity contribution < 1.29 is 9.47 Å². The quantitative estimate of drug-likeness (QED) is 0.537. The molecule has 9 heteroatoms. The molecule has 152 valence electrons. The van der Waals surface area contributed by atoms with Crippen LogP contribution in [0.3, 0.4) is 0 Å². The van der Waals surface area contributed by atoms with Gasteiger partial charge in [-0.05, 0) is 47.5 Å². The van der Waals surface area contributed by atoms with Crippen molar-refractivity contribution in [2.75, 3.05) is 7.11 Å². The fraction of sp³-hybridized carbons (Fsp3) is 0.250. The minimum Gasteiger partial charge on any atom is -0.493 e. The SMILES string of the molecule is CCC(C)Oc1c(OC)cc(C=Nn2c(=O)[nH]c3ccccc3c2=O)c(Br)c1Cl. The van der Waals surface area contributed by atoms with Gasteiger partial charge in [0.05, 0.1) is 30.3 Å². The molecule has 0 fully saturated rings. The van der Waals surface area contributed by atoms with Gasteiger partial charge in [0.25, 0.3) is 5.56 Å². The number of ether oxygens (including phenoxy) is 2. The molecule has 0 aliphatic rings. The van der Waals surface area contributed by atoms with Gasteiger partial charge in [0, 0.05) is 10.0 Å². The predicted octanol–water partition coefficient (Wildman–Crippen LogP) is 4.17. The highest BCUT2D eigenvalue weighted by Gasteiger charge is 2.18. The second-order valence-corrected chi connectivity index (χ2v) is 7.47. The van der Waals surface area contributed by atoms with Crippen LogP contribution >= 0.6 is 27.5 Å². The summed E-state index contributed by atoms with van der Waals surface area (Å²) in [6.07, 6.45) is 2.10. The number of aromatic nitrogens is 2. The molecule has 1 unspecified atom stereocenters. The summed E-state index contributed by atoms with van der Waals surface area (Å²) in [5.41, 5.74) is -0.198. The van der Waals surface area contributed by atoms with Crippen LogP contribution < -0.4 is 20.7 Å². The molecule has 0 aliphatic carbocycles.